The summed E-state index contributed by atoms with van der Waals surface area (Å²) in [4.78, 5) is 8.25. The maximum absolute atomic E-state index is 12.6. The number of aliphatic hydroxyl groups is 1. The first kappa shape index (κ1) is 21.5. The molecule has 0 aliphatic carbocycles. The molecule has 0 fully saturated rings. The maximum atomic E-state index is 12.6. The van der Waals surface area contributed by atoms with Crippen molar-refractivity contribution in [2.75, 3.05) is 17.9 Å². The van der Waals surface area contributed by atoms with Crippen molar-refractivity contribution in [2.45, 2.75) is 13.3 Å². The third kappa shape index (κ3) is 5.65. The van der Waals surface area contributed by atoms with Gasteiger partial charge in [-0.3, -0.25) is 4.72 Å². The van der Waals surface area contributed by atoms with Crippen LogP contribution in [0.1, 0.15) is 18.1 Å². The molecule has 0 amide bonds. The van der Waals surface area contributed by atoms with Crippen LogP contribution in [-0.2, 0) is 16.4 Å². The topological polar surface area (TPSA) is 101 Å². The zero-order chi connectivity index (χ0) is 21.4. The molecule has 0 bridgehead atoms. The van der Waals surface area contributed by atoms with E-state index in [1.807, 2.05) is 42.5 Å². The van der Waals surface area contributed by atoms with Crippen molar-refractivity contribution in [3.63, 3.8) is 0 Å². The highest BCUT2D eigenvalue weighted by molar-refractivity contribution is 7.95. The molecule has 156 valence electrons. The fraction of sp³-hybridized carbons (Fsp3) is 0.182. The van der Waals surface area contributed by atoms with Crippen LogP contribution in [0.3, 0.4) is 0 Å². The summed E-state index contributed by atoms with van der Waals surface area (Å²) < 4.78 is 33.3. The fourth-order valence-corrected chi connectivity index (χ4v) is 3.60. The molecule has 1 heterocycles. The van der Waals surface area contributed by atoms with Gasteiger partial charge in [-0.2, -0.15) is 0 Å². The zero-order valence-electron chi connectivity index (χ0n) is 16.5. The highest BCUT2D eigenvalue weighted by Gasteiger charge is 2.18. The van der Waals surface area contributed by atoms with Gasteiger partial charge in [-0.05, 0) is 29.2 Å². The van der Waals surface area contributed by atoms with Crippen molar-refractivity contribution in [3.05, 3.63) is 77.5 Å². The van der Waals surface area contributed by atoms with Gasteiger partial charge in [0.1, 0.15) is 12.9 Å². The van der Waals surface area contributed by atoms with Gasteiger partial charge in [0.15, 0.2) is 5.82 Å². The van der Waals surface area contributed by atoms with Crippen molar-refractivity contribution in [1.29, 1.82) is 0 Å². The second-order valence-electron chi connectivity index (χ2n) is 6.39. The Labute approximate surface area is 176 Å². The Kier molecular flexibility index (Phi) is 7.16. The first-order valence-electron chi connectivity index (χ1n) is 9.46. The van der Waals surface area contributed by atoms with E-state index in [2.05, 4.69) is 21.6 Å². The van der Waals surface area contributed by atoms with Crippen LogP contribution >= 0.6 is 0 Å². The number of nitrogens with zero attached hydrogens (tertiary/aromatic N) is 2. The number of benzene rings is 2. The number of aliphatic hydroxyl groups excluding tert-OH is 1. The number of anilines is 1. The summed E-state index contributed by atoms with van der Waals surface area (Å²) in [5, 5.41) is 10.2. The fourth-order valence-electron chi connectivity index (χ4n) is 2.77. The predicted molar refractivity (Wildman–Crippen MR) is 117 cm³/mol. The van der Waals surface area contributed by atoms with Crippen LogP contribution in [0.15, 0.2) is 66.3 Å². The van der Waals surface area contributed by atoms with E-state index in [0.29, 0.717) is 11.1 Å². The Hall–Kier alpha value is -3.23. The van der Waals surface area contributed by atoms with E-state index in [1.165, 1.54) is 12.4 Å². The summed E-state index contributed by atoms with van der Waals surface area (Å²) in [7, 11) is -3.84. The van der Waals surface area contributed by atoms with Crippen molar-refractivity contribution < 1.29 is 18.3 Å². The summed E-state index contributed by atoms with van der Waals surface area (Å²) in [6.07, 6.45) is 3.60. The number of aromatic nitrogens is 2. The van der Waals surface area contributed by atoms with E-state index >= 15 is 0 Å². The molecule has 8 heteroatoms. The van der Waals surface area contributed by atoms with Crippen molar-refractivity contribution in [2.24, 2.45) is 0 Å². The van der Waals surface area contributed by atoms with Gasteiger partial charge in [-0.1, -0.05) is 61.5 Å². The maximum Gasteiger partial charge on any atom is 0.256 e. The van der Waals surface area contributed by atoms with Gasteiger partial charge >= 0.3 is 0 Å². The molecule has 1 aromatic heterocycles. The Morgan fingerprint density at radius 1 is 1.07 bits per heavy atom. The minimum atomic E-state index is -3.84. The third-order valence-corrected chi connectivity index (χ3v) is 5.24. The van der Waals surface area contributed by atoms with E-state index in [1.54, 1.807) is 12.1 Å². The standard InChI is InChI=1S/C22H23N3O4S/c1-2-17-8-10-19(11-9-17)20-21(23-16-24-22(20)29-14-13-26)25-30(27,28)15-12-18-6-4-3-5-7-18/h3-12,15-16,26H,2,13-14H2,1H3,(H,23,24,25). The molecule has 0 atom stereocenters. The molecule has 30 heavy (non-hydrogen) atoms. The quantitative estimate of drug-likeness (QED) is 0.544. The molecule has 2 N–H and O–H groups in total. The van der Waals surface area contributed by atoms with Crippen LogP contribution in [-0.4, -0.2) is 36.7 Å². The molecule has 0 aliphatic rings. The smallest absolute Gasteiger partial charge is 0.256 e. The van der Waals surface area contributed by atoms with E-state index in [9.17, 15) is 8.42 Å². The molecule has 0 spiro atoms. The van der Waals surface area contributed by atoms with E-state index in [0.717, 1.165) is 23.0 Å². The third-order valence-electron chi connectivity index (χ3n) is 4.27. The van der Waals surface area contributed by atoms with Crippen molar-refractivity contribution in [3.8, 4) is 17.0 Å². The van der Waals surface area contributed by atoms with Crippen LogP contribution in [0.4, 0.5) is 5.82 Å². The number of aryl methyl sites for hydroxylation is 1. The Morgan fingerprint density at radius 2 is 1.80 bits per heavy atom. The molecule has 3 aromatic rings. The highest BCUT2D eigenvalue weighted by Crippen LogP contribution is 2.34. The van der Waals surface area contributed by atoms with Gasteiger partial charge in [0.25, 0.3) is 10.0 Å². The normalized spacial score (nSPS) is 11.5. The second kappa shape index (κ2) is 10.00. The van der Waals surface area contributed by atoms with Crippen molar-refractivity contribution >= 4 is 21.9 Å². The summed E-state index contributed by atoms with van der Waals surface area (Å²) in [6.45, 7) is 1.88. The number of hydrogen-bond donors (Lipinski definition) is 2. The highest BCUT2D eigenvalue weighted by atomic mass is 32.2. The van der Waals surface area contributed by atoms with E-state index in [4.69, 9.17) is 9.84 Å². The van der Waals surface area contributed by atoms with Crippen LogP contribution in [0.5, 0.6) is 5.88 Å². The molecular weight excluding hydrogens is 402 g/mol. The van der Waals surface area contributed by atoms with Gasteiger partial charge in [0, 0.05) is 0 Å². The zero-order valence-corrected chi connectivity index (χ0v) is 17.3. The van der Waals surface area contributed by atoms with Crippen LogP contribution in [0.25, 0.3) is 17.2 Å². The monoisotopic (exact) mass is 425 g/mol. The molecule has 2 aromatic carbocycles. The summed E-state index contributed by atoms with van der Waals surface area (Å²) >= 11 is 0. The first-order chi connectivity index (χ1) is 14.5. The largest absolute Gasteiger partial charge is 0.475 e. The second-order valence-corrected chi connectivity index (χ2v) is 7.95. The first-order valence-corrected chi connectivity index (χ1v) is 11.0. The lowest BCUT2D eigenvalue weighted by atomic mass is 10.0. The van der Waals surface area contributed by atoms with Crippen LogP contribution in [0, 0.1) is 0 Å². The molecule has 0 saturated heterocycles. The van der Waals surface area contributed by atoms with E-state index < -0.39 is 10.0 Å². The van der Waals surface area contributed by atoms with E-state index in [-0.39, 0.29) is 24.9 Å². The summed E-state index contributed by atoms with van der Waals surface area (Å²) in [5.41, 5.74) is 3.00. The molecule has 7 nitrogen and oxygen atoms in total. The Bertz CT molecular complexity index is 1100. The predicted octanol–water partition coefficient (Wildman–Crippen LogP) is 3.49. The van der Waals surface area contributed by atoms with Crippen molar-refractivity contribution in [1.82, 2.24) is 9.97 Å². The molecule has 0 saturated carbocycles. The lowest BCUT2D eigenvalue weighted by molar-refractivity contribution is 0.197. The molecular formula is C22H23N3O4S. The number of sulfonamides is 1. The molecule has 0 radical (unpaired) electrons. The van der Waals surface area contributed by atoms with Crippen LogP contribution in [0.2, 0.25) is 0 Å². The average molecular weight is 426 g/mol. The Morgan fingerprint density at radius 3 is 2.47 bits per heavy atom. The van der Waals surface area contributed by atoms with Gasteiger partial charge in [0.05, 0.1) is 17.6 Å². The SMILES string of the molecule is CCc1ccc(-c2c(NS(=O)(=O)C=Cc3ccccc3)ncnc2OCCO)cc1. The summed E-state index contributed by atoms with van der Waals surface area (Å²) in [5.74, 6) is 0.285. The Balaban J connectivity index is 1.97. The lowest BCUT2D eigenvalue weighted by Crippen LogP contribution is -2.13. The number of rotatable bonds is 9. The lowest BCUT2D eigenvalue weighted by Gasteiger charge is -2.14. The number of nitrogens with one attached hydrogen (secondary N) is 1. The summed E-state index contributed by atoms with van der Waals surface area (Å²) in [6, 6.07) is 16.7. The van der Waals surface area contributed by atoms with Gasteiger partial charge < -0.3 is 9.84 Å². The van der Waals surface area contributed by atoms with Gasteiger partial charge in [-0.15, -0.1) is 0 Å². The minimum absolute atomic E-state index is 0.0250. The molecule has 0 unspecified atom stereocenters. The molecule has 3 rings (SSSR count). The van der Waals surface area contributed by atoms with Crippen LogP contribution < -0.4 is 9.46 Å². The average Bonchev–Trinajstić information content (AvgIpc) is 2.77. The number of ether oxygens (including phenoxy) is 1. The van der Waals surface area contributed by atoms with Gasteiger partial charge in [0.2, 0.25) is 5.88 Å². The minimum Gasteiger partial charge on any atom is -0.475 e. The van der Waals surface area contributed by atoms with Gasteiger partial charge in [-0.25, -0.2) is 18.4 Å². The molecule has 0 aliphatic heterocycles. The number of hydrogen-bond acceptors (Lipinski definition) is 6.